The summed E-state index contributed by atoms with van der Waals surface area (Å²) < 4.78 is 22.9. The number of quaternary nitrogens is 1. The highest BCUT2D eigenvalue weighted by molar-refractivity contribution is 5.70. The molecule has 614 valence electrons. The zero-order valence-corrected chi connectivity index (χ0v) is 70.5. The molecular weight excluding hydrogens is 1320 g/mol. The third-order valence-electron chi connectivity index (χ3n) is 19.6. The molecular formula is C98H169NO8. The van der Waals surface area contributed by atoms with Gasteiger partial charge in [-0.25, -0.2) is 0 Å². The Hall–Kier alpha value is -4.83. The van der Waals surface area contributed by atoms with Crippen molar-refractivity contribution in [2.45, 2.75) is 411 Å². The molecule has 2 unspecified atom stereocenters. The normalized spacial score (nSPS) is 13.3. The average Bonchev–Trinajstić information content (AvgIpc) is 0.965. The van der Waals surface area contributed by atoms with E-state index < -0.39 is 24.3 Å². The van der Waals surface area contributed by atoms with Crippen molar-refractivity contribution in [1.29, 1.82) is 0 Å². The minimum Gasteiger partial charge on any atom is -0.545 e. The number of likely N-dealkylation sites (N-methyl/N-ethyl adjacent to an activating group) is 1. The Bertz CT molecular complexity index is 2290. The maximum atomic E-state index is 13.0. The molecule has 0 saturated heterocycles. The third-order valence-corrected chi connectivity index (χ3v) is 19.6. The van der Waals surface area contributed by atoms with Crippen LogP contribution in [0.2, 0.25) is 0 Å². The smallest absolute Gasteiger partial charge is 0.306 e. The molecule has 0 amide bonds. The van der Waals surface area contributed by atoms with Crippen molar-refractivity contribution in [2.24, 2.45) is 0 Å². The van der Waals surface area contributed by atoms with E-state index in [4.69, 9.17) is 18.9 Å². The van der Waals surface area contributed by atoms with Crippen LogP contribution in [-0.4, -0.2) is 82.3 Å². The number of nitrogens with zero attached hydrogens (tertiary/aromatic N) is 1. The number of carbonyl (C=O) groups is 3. The SMILES string of the molecule is CC/C=C\C/C=C\C/C=C\C/C=C\C/C=C\C/C=C\C/C=C\C/C=C\C/C=C\C/C=C\CCCCCCCCCCCCC(=O)OC(COC(=O)CCCCCCCCCCCCCCCCCCCCCCCCCCCCCCC/C=C\C/C=C\CCCCCCC)COC(OCC[N+](C)(C)C)C(=O)[O-]. The molecule has 0 aromatic carbocycles. The van der Waals surface area contributed by atoms with E-state index in [0.717, 1.165) is 116 Å². The number of rotatable bonds is 83. The lowest BCUT2D eigenvalue weighted by Crippen LogP contribution is -2.44. The Morgan fingerprint density at radius 3 is 0.794 bits per heavy atom. The molecule has 0 aromatic rings. The Balaban J connectivity index is 3.99. The lowest BCUT2D eigenvalue weighted by molar-refractivity contribution is -0.870. The van der Waals surface area contributed by atoms with Crippen LogP contribution in [0.25, 0.3) is 0 Å². The second kappa shape index (κ2) is 86.8. The van der Waals surface area contributed by atoms with Gasteiger partial charge in [-0.3, -0.25) is 9.59 Å². The van der Waals surface area contributed by atoms with Gasteiger partial charge in [-0.1, -0.05) is 410 Å². The molecule has 0 aliphatic rings. The van der Waals surface area contributed by atoms with Crippen molar-refractivity contribution < 1.29 is 42.9 Å². The number of esters is 2. The first-order valence-corrected chi connectivity index (χ1v) is 45.0. The van der Waals surface area contributed by atoms with Crippen molar-refractivity contribution in [3.63, 3.8) is 0 Å². The summed E-state index contributed by atoms with van der Waals surface area (Å²) in [7, 11) is 5.94. The molecule has 2 atom stereocenters. The van der Waals surface area contributed by atoms with Crippen molar-refractivity contribution in [3.8, 4) is 0 Å². The quantitative estimate of drug-likeness (QED) is 0.0195. The van der Waals surface area contributed by atoms with Crippen LogP contribution in [0, 0.1) is 0 Å². The van der Waals surface area contributed by atoms with Gasteiger partial charge in [-0.15, -0.1) is 0 Å². The van der Waals surface area contributed by atoms with Crippen LogP contribution in [0.4, 0.5) is 0 Å². The van der Waals surface area contributed by atoms with Crippen LogP contribution >= 0.6 is 0 Å². The summed E-state index contributed by atoms with van der Waals surface area (Å²) in [6.45, 7) is 4.66. The second-order valence-corrected chi connectivity index (χ2v) is 31.2. The maximum Gasteiger partial charge on any atom is 0.306 e. The van der Waals surface area contributed by atoms with E-state index in [1.165, 1.54) is 250 Å². The fourth-order valence-corrected chi connectivity index (χ4v) is 12.8. The number of aliphatic carboxylic acids is 1. The van der Waals surface area contributed by atoms with E-state index >= 15 is 0 Å². The van der Waals surface area contributed by atoms with Crippen LogP contribution in [0.15, 0.2) is 146 Å². The Morgan fingerprint density at radius 1 is 0.290 bits per heavy atom. The van der Waals surface area contributed by atoms with E-state index in [1.807, 2.05) is 21.1 Å². The summed E-state index contributed by atoms with van der Waals surface area (Å²) in [5, 5.41) is 11.9. The number of unbranched alkanes of at least 4 members (excludes halogenated alkanes) is 44. The zero-order valence-electron chi connectivity index (χ0n) is 70.5. The fraction of sp³-hybridized carbons (Fsp3) is 0.724. The van der Waals surface area contributed by atoms with E-state index in [2.05, 4.69) is 160 Å². The van der Waals surface area contributed by atoms with E-state index in [9.17, 15) is 19.5 Å². The van der Waals surface area contributed by atoms with Crippen molar-refractivity contribution >= 4 is 17.9 Å². The number of allylic oxidation sites excluding steroid dienone is 24. The third kappa shape index (κ3) is 88.3. The Kier molecular flexibility index (Phi) is 82.8. The van der Waals surface area contributed by atoms with Crippen molar-refractivity contribution in [2.75, 3.05) is 47.5 Å². The van der Waals surface area contributed by atoms with Crippen LogP contribution in [0.5, 0.6) is 0 Å². The van der Waals surface area contributed by atoms with Crippen LogP contribution in [0.3, 0.4) is 0 Å². The van der Waals surface area contributed by atoms with Crippen molar-refractivity contribution in [3.05, 3.63) is 146 Å². The van der Waals surface area contributed by atoms with Crippen LogP contribution in [0.1, 0.15) is 399 Å². The zero-order chi connectivity index (χ0) is 77.4. The van der Waals surface area contributed by atoms with Gasteiger partial charge in [0.25, 0.3) is 0 Å². The molecule has 9 nitrogen and oxygen atoms in total. The fourth-order valence-electron chi connectivity index (χ4n) is 12.8. The predicted molar refractivity (Wildman–Crippen MR) is 462 cm³/mol. The Labute approximate surface area is 662 Å². The van der Waals surface area contributed by atoms with Gasteiger partial charge < -0.3 is 33.3 Å². The van der Waals surface area contributed by atoms with E-state index in [0.29, 0.717) is 23.9 Å². The van der Waals surface area contributed by atoms with Crippen LogP contribution < -0.4 is 5.11 Å². The first-order valence-electron chi connectivity index (χ1n) is 45.0. The second-order valence-electron chi connectivity index (χ2n) is 31.2. The molecule has 0 bridgehead atoms. The van der Waals surface area contributed by atoms with Gasteiger partial charge in [-0.05, 0) is 122 Å². The van der Waals surface area contributed by atoms with Gasteiger partial charge >= 0.3 is 11.9 Å². The number of carboxylic acid groups (broad SMARTS) is 1. The summed E-state index contributed by atoms with van der Waals surface area (Å²) in [6, 6.07) is 0. The molecule has 0 fully saturated rings. The monoisotopic (exact) mass is 1490 g/mol. The number of carboxylic acids is 1. The lowest BCUT2D eigenvalue weighted by Gasteiger charge is -2.26. The number of hydrogen-bond donors (Lipinski definition) is 0. The van der Waals surface area contributed by atoms with Gasteiger partial charge in [0.15, 0.2) is 12.4 Å². The highest BCUT2D eigenvalue weighted by Crippen LogP contribution is 2.19. The number of ether oxygens (including phenoxy) is 4. The van der Waals surface area contributed by atoms with Gasteiger partial charge in [0.1, 0.15) is 13.2 Å². The molecule has 0 aliphatic carbocycles. The summed E-state index contributed by atoms with van der Waals surface area (Å²) in [4.78, 5) is 37.7. The average molecular weight is 1490 g/mol. The largest absolute Gasteiger partial charge is 0.545 e. The first-order chi connectivity index (χ1) is 52.6. The molecule has 9 heteroatoms. The van der Waals surface area contributed by atoms with Gasteiger partial charge in [-0.2, -0.15) is 0 Å². The van der Waals surface area contributed by atoms with Crippen LogP contribution in [-0.2, 0) is 33.3 Å². The minimum atomic E-state index is -1.63. The summed E-state index contributed by atoms with van der Waals surface area (Å²) in [5.41, 5.74) is 0. The number of hydrogen-bond acceptors (Lipinski definition) is 8. The summed E-state index contributed by atoms with van der Waals surface area (Å²) in [5.74, 6) is -2.28. The maximum absolute atomic E-state index is 13.0. The first kappa shape index (κ1) is 102. The minimum absolute atomic E-state index is 0.143. The standard InChI is InChI=1S/C98H169NO8/c1-6-8-10-12-14-16-18-20-22-24-26-28-30-32-34-36-38-40-42-44-46-48-50-52-54-56-58-60-62-64-66-68-70-72-74-76-78-80-82-84-86-88-95(100)105-92-94(93-106-98(97(102)103)104-91-90-99(3,4)5)107-96(101)89-87-85-83-81-79-77-75-73-71-69-67-65-63-61-59-57-55-53-51-49-47-45-43-41-39-37-35-33-31-29-27-25-23-21-19-17-15-13-11-9-7-2/h9,11,15,17-18,20-21,23-24,26-27,29,33,35,39,41,45,47,51,53,57,59,63,65,94,98H,6-8,10,12-14,16,19,22,25,28,30-32,34,36-38,40,42-44,46,48-50,52,54-56,58,60-62,64,66-93H2,1-5H3/b11-9-,17-15-,20-18-,23-21-,26-24-,29-27-,35-33-,41-39-,47-45-,53-51-,59-57-,65-63-. The van der Waals surface area contributed by atoms with Gasteiger partial charge in [0, 0.05) is 12.8 Å². The summed E-state index contributed by atoms with van der Waals surface area (Å²) >= 11 is 0. The molecule has 0 N–H and O–H groups in total. The highest BCUT2D eigenvalue weighted by Gasteiger charge is 2.22. The molecule has 0 radical (unpaired) electrons. The van der Waals surface area contributed by atoms with Gasteiger partial charge in [0.2, 0.25) is 0 Å². The molecule has 0 heterocycles. The molecule has 0 aromatic heterocycles. The summed E-state index contributed by atoms with van der Waals surface area (Å²) in [6.07, 6.45) is 124. The lowest BCUT2D eigenvalue weighted by atomic mass is 10.0. The predicted octanol–water partition coefficient (Wildman–Crippen LogP) is 28.4. The highest BCUT2D eigenvalue weighted by atomic mass is 16.7. The van der Waals surface area contributed by atoms with E-state index in [-0.39, 0.29) is 32.2 Å². The molecule has 0 rings (SSSR count). The molecule has 0 aliphatic heterocycles. The topological polar surface area (TPSA) is 111 Å². The van der Waals surface area contributed by atoms with E-state index in [1.54, 1.807) is 0 Å². The molecule has 0 spiro atoms. The molecule has 107 heavy (non-hydrogen) atoms. The van der Waals surface area contributed by atoms with Crippen molar-refractivity contribution in [1.82, 2.24) is 0 Å². The Morgan fingerprint density at radius 2 is 0.533 bits per heavy atom. The van der Waals surface area contributed by atoms with Gasteiger partial charge in [0.05, 0.1) is 40.3 Å². The number of carbonyl (C=O) groups excluding carboxylic acids is 3. The molecule has 0 saturated carbocycles.